The summed E-state index contributed by atoms with van der Waals surface area (Å²) in [6.45, 7) is 0. The fourth-order valence-corrected chi connectivity index (χ4v) is 1.38. The molecule has 2 aliphatic rings. The van der Waals surface area contributed by atoms with Gasteiger partial charge in [-0.25, -0.2) is 0 Å². The van der Waals surface area contributed by atoms with Crippen molar-refractivity contribution in [3.8, 4) is 0 Å². The van der Waals surface area contributed by atoms with Crippen molar-refractivity contribution < 1.29 is 27.6 Å². The summed E-state index contributed by atoms with van der Waals surface area (Å²) in [5.74, 6) is 0. The van der Waals surface area contributed by atoms with Gasteiger partial charge >= 0.3 is 0 Å². The fourth-order valence-electron chi connectivity index (χ4n) is 1.38. The summed E-state index contributed by atoms with van der Waals surface area (Å²) in [6.07, 6.45) is 17.5. The molecule has 0 saturated carbocycles. The third kappa shape index (κ3) is 3.71. The average Bonchev–Trinajstić information content (AvgIpc) is 2.60. The average molecular weight is 272 g/mol. The summed E-state index contributed by atoms with van der Waals surface area (Å²) in [4.78, 5) is 0. The normalized spacial score (nSPS) is 17.2. The van der Waals surface area contributed by atoms with Crippen LogP contribution in [0.25, 0.3) is 0 Å². The van der Waals surface area contributed by atoms with Gasteiger partial charge in [-0.05, 0) is 12.8 Å². The van der Waals surface area contributed by atoms with E-state index in [9.17, 15) is 0 Å². The summed E-state index contributed by atoms with van der Waals surface area (Å²) in [6, 6.07) is 0. The van der Waals surface area contributed by atoms with Gasteiger partial charge in [-0.2, -0.15) is 29.7 Å². The first-order valence-electron chi connectivity index (χ1n) is 4.01. The van der Waals surface area contributed by atoms with E-state index >= 15 is 0 Å². The van der Waals surface area contributed by atoms with Gasteiger partial charge in [0.2, 0.25) is 0 Å². The zero-order chi connectivity index (χ0) is 7.52. The number of hydrogen-bond acceptors (Lipinski definition) is 0. The van der Waals surface area contributed by atoms with Crippen molar-refractivity contribution in [2.45, 2.75) is 12.8 Å². The molecular weight excluding hydrogens is 259 g/mol. The summed E-state index contributed by atoms with van der Waals surface area (Å²) in [5, 5.41) is 0. The zero-order valence-corrected chi connectivity index (χ0v) is 10.6. The smallest absolute Gasteiger partial charge is 0 e. The molecule has 0 fully saturated rings. The van der Waals surface area contributed by atoms with Gasteiger partial charge < -0.3 is 1.43 Å². The van der Waals surface area contributed by atoms with Crippen LogP contribution in [0.4, 0.5) is 0 Å². The first-order valence-corrected chi connectivity index (χ1v) is 4.01. The Kier molecular flexibility index (Phi) is 6.46. The maximum absolute atomic E-state index is 2.28. The SMILES string of the molecule is C1=CCC([CH-]C2=CC=CC2)=C1.Cl.[H-].[Zr]. The molecule has 0 bridgehead atoms. The molecule has 0 aromatic carbocycles. The predicted molar refractivity (Wildman–Crippen MR) is 56.3 cm³/mol. The Morgan fingerprint density at radius 2 is 1.46 bits per heavy atom. The van der Waals surface area contributed by atoms with E-state index < -0.39 is 0 Å². The van der Waals surface area contributed by atoms with Crippen LogP contribution in [0.5, 0.6) is 0 Å². The molecule has 0 N–H and O–H groups in total. The summed E-state index contributed by atoms with van der Waals surface area (Å²) >= 11 is 0. The molecule has 0 radical (unpaired) electrons. The molecule has 0 amide bonds. The standard InChI is InChI=1S/C11H11.ClH.Zr.H/c1-2-6-10(5-1)9-11-7-3-4-8-11;;;/h1-5,7,9H,6,8H2;1H;;/q-1;;;-1. The van der Waals surface area contributed by atoms with E-state index in [1.165, 1.54) is 11.1 Å². The van der Waals surface area contributed by atoms with E-state index in [4.69, 9.17) is 0 Å². The molecule has 0 saturated heterocycles. The Morgan fingerprint density at radius 3 is 1.77 bits per heavy atom. The number of rotatable bonds is 2. The first-order chi connectivity index (χ1) is 5.45. The van der Waals surface area contributed by atoms with Crippen LogP contribution in [0.3, 0.4) is 0 Å². The van der Waals surface area contributed by atoms with Crippen molar-refractivity contribution in [1.29, 1.82) is 0 Å². The quantitative estimate of drug-likeness (QED) is 0.675. The molecule has 2 heteroatoms. The first kappa shape index (κ1) is 13.0. The molecule has 0 nitrogen and oxygen atoms in total. The molecule has 0 aromatic heterocycles. The Bertz CT molecular complexity index is 249. The van der Waals surface area contributed by atoms with Crippen molar-refractivity contribution in [2.75, 3.05) is 0 Å². The van der Waals surface area contributed by atoms with Gasteiger partial charge in [0.1, 0.15) is 0 Å². The van der Waals surface area contributed by atoms with Crippen LogP contribution < -0.4 is 0 Å². The second-order valence-electron chi connectivity index (χ2n) is 2.89. The Morgan fingerprint density at radius 1 is 1.00 bits per heavy atom. The van der Waals surface area contributed by atoms with Crippen LogP contribution >= 0.6 is 12.4 Å². The maximum atomic E-state index is 2.28. The van der Waals surface area contributed by atoms with E-state index in [0.717, 1.165) is 12.8 Å². The van der Waals surface area contributed by atoms with E-state index in [1.807, 2.05) is 0 Å². The fraction of sp³-hybridized carbons (Fsp3) is 0.182. The molecule has 0 atom stereocenters. The largest absolute Gasteiger partial charge is 1.00 e. The van der Waals surface area contributed by atoms with Gasteiger partial charge in [-0.15, -0.1) is 24.6 Å². The molecule has 2 rings (SSSR count). The Balaban J connectivity index is 0. The number of hydrogen-bond donors (Lipinski definition) is 0. The monoisotopic (exact) mass is 270 g/mol. The van der Waals surface area contributed by atoms with Crippen LogP contribution in [-0.4, -0.2) is 0 Å². The van der Waals surface area contributed by atoms with Crippen molar-refractivity contribution in [3.05, 3.63) is 54.0 Å². The van der Waals surface area contributed by atoms with Crippen LogP contribution in [0.15, 0.2) is 47.6 Å². The maximum Gasteiger partial charge on any atom is 0 e. The van der Waals surface area contributed by atoms with Gasteiger partial charge in [0.05, 0.1) is 0 Å². The van der Waals surface area contributed by atoms with Gasteiger partial charge in [-0.1, -0.05) is 12.2 Å². The van der Waals surface area contributed by atoms with Gasteiger partial charge in [0, 0.05) is 26.2 Å². The van der Waals surface area contributed by atoms with Crippen LogP contribution in [-0.2, 0) is 26.2 Å². The van der Waals surface area contributed by atoms with Crippen molar-refractivity contribution >= 4 is 12.4 Å². The van der Waals surface area contributed by atoms with Gasteiger partial charge in [0.15, 0.2) is 0 Å². The molecule has 2 aliphatic carbocycles. The van der Waals surface area contributed by atoms with Crippen molar-refractivity contribution in [3.63, 3.8) is 0 Å². The van der Waals surface area contributed by atoms with Gasteiger partial charge in [0.25, 0.3) is 0 Å². The molecule has 0 spiro atoms. The number of allylic oxidation sites excluding steroid dienone is 8. The molecule has 0 unspecified atom stereocenters. The minimum absolute atomic E-state index is 0. The summed E-state index contributed by atoms with van der Waals surface area (Å²) in [5.41, 5.74) is 2.86. The zero-order valence-electron chi connectivity index (χ0n) is 8.36. The minimum atomic E-state index is 0. The predicted octanol–water partition coefficient (Wildman–Crippen LogP) is 3.50. The second-order valence-corrected chi connectivity index (χ2v) is 2.89. The summed E-state index contributed by atoms with van der Waals surface area (Å²) < 4.78 is 0. The Hall–Kier alpha value is 0.00312. The summed E-state index contributed by atoms with van der Waals surface area (Å²) in [7, 11) is 0. The molecule has 13 heavy (non-hydrogen) atoms. The number of halogens is 1. The van der Waals surface area contributed by atoms with Crippen LogP contribution in [0.1, 0.15) is 14.3 Å². The Labute approximate surface area is 107 Å². The third-order valence-electron chi connectivity index (χ3n) is 1.97. The van der Waals surface area contributed by atoms with E-state index in [1.54, 1.807) is 0 Å². The molecular formula is C11H13ClZr-2. The van der Waals surface area contributed by atoms with E-state index in [2.05, 4.69) is 42.9 Å². The second kappa shape index (κ2) is 6.46. The van der Waals surface area contributed by atoms with Crippen molar-refractivity contribution in [2.24, 2.45) is 0 Å². The topological polar surface area (TPSA) is 0 Å². The van der Waals surface area contributed by atoms with E-state index in [0.29, 0.717) is 0 Å². The molecule has 70 valence electrons. The van der Waals surface area contributed by atoms with Crippen LogP contribution in [0, 0.1) is 6.42 Å². The van der Waals surface area contributed by atoms with E-state index in [-0.39, 0.29) is 40.0 Å². The molecule has 0 heterocycles. The molecule has 0 aliphatic heterocycles. The van der Waals surface area contributed by atoms with Crippen LogP contribution in [0.2, 0.25) is 0 Å². The third-order valence-corrected chi connectivity index (χ3v) is 1.97. The minimum Gasteiger partial charge on any atom is -1.00 e. The van der Waals surface area contributed by atoms with Gasteiger partial charge in [-0.3, -0.25) is 0 Å². The molecule has 0 aromatic rings. The van der Waals surface area contributed by atoms with Crippen molar-refractivity contribution in [1.82, 2.24) is 0 Å².